The van der Waals surface area contributed by atoms with Gasteiger partial charge in [0, 0.05) is 18.1 Å². The number of hydrogen-bond donors (Lipinski definition) is 2. The minimum Gasteiger partial charge on any atom is -0.388 e. The monoisotopic (exact) mass is 485 g/mol. The fraction of sp³-hybridized carbons (Fsp3) is 0.167. The number of pyridine rings is 1. The zero-order chi connectivity index (χ0) is 22.9. The summed E-state index contributed by atoms with van der Waals surface area (Å²) in [5.41, 5.74) is 8.16. The Balaban J connectivity index is 0.00000385. The van der Waals surface area contributed by atoms with Crippen molar-refractivity contribution in [3.8, 4) is 11.1 Å². The van der Waals surface area contributed by atoms with Crippen molar-refractivity contribution in [2.24, 2.45) is 5.73 Å². The Hall–Kier alpha value is -3.20. The molecule has 1 aromatic heterocycles. The molecular weight excluding hydrogens is 462 g/mol. The molecule has 0 saturated heterocycles. The average molecular weight is 486 g/mol. The van der Waals surface area contributed by atoms with E-state index < -0.39 is 18.0 Å². The maximum atomic E-state index is 12.8. The van der Waals surface area contributed by atoms with Gasteiger partial charge in [0.15, 0.2) is 0 Å². The van der Waals surface area contributed by atoms with E-state index in [1.54, 1.807) is 42.2 Å². The number of esters is 2. The van der Waals surface area contributed by atoms with Crippen LogP contribution in [0.3, 0.4) is 0 Å². The predicted molar refractivity (Wildman–Crippen MR) is 133 cm³/mol. The van der Waals surface area contributed by atoms with Crippen LogP contribution in [0.1, 0.15) is 27.1 Å². The number of thioether (sulfide) groups is 1. The second-order valence-electron chi connectivity index (χ2n) is 6.92. The standard InChI is InChI=1S/C24H23N3O4S.ClH/c1-32-13-11-21(25)24(30)31-23(29)19-10-9-18(14-20(19)16-6-3-2-4-7-16)27-22(28)17-8-5-12-26-15-17;/h2-10,12,14-15,21H,11,13,25H2,1H3,(H,27,28);1H/t21-;/m0./s1. The Bertz CT molecular complexity index is 1100. The number of aromatic nitrogens is 1. The highest BCUT2D eigenvalue weighted by Gasteiger charge is 2.22. The average Bonchev–Trinajstić information content (AvgIpc) is 2.83. The molecule has 1 atom stereocenters. The van der Waals surface area contributed by atoms with Crippen LogP contribution < -0.4 is 11.1 Å². The van der Waals surface area contributed by atoms with Crippen molar-refractivity contribution in [1.82, 2.24) is 4.98 Å². The van der Waals surface area contributed by atoms with Gasteiger partial charge < -0.3 is 15.8 Å². The minimum absolute atomic E-state index is 0. The van der Waals surface area contributed by atoms with Gasteiger partial charge in [-0.1, -0.05) is 30.3 Å². The van der Waals surface area contributed by atoms with E-state index in [4.69, 9.17) is 10.5 Å². The first kappa shape index (κ1) is 26.1. The number of halogens is 1. The molecule has 172 valence electrons. The number of carbonyl (C=O) groups excluding carboxylic acids is 3. The third-order valence-corrected chi connectivity index (χ3v) is 5.28. The fourth-order valence-electron chi connectivity index (χ4n) is 2.94. The van der Waals surface area contributed by atoms with E-state index >= 15 is 0 Å². The second kappa shape index (κ2) is 12.7. The number of hydrogen-bond acceptors (Lipinski definition) is 7. The van der Waals surface area contributed by atoms with Gasteiger partial charge in [0.2, 0.25) is 0 Å². The van der Waals surface area contributed by atoms with E-state index in [9.17, 15) is 14.4 Å². The Kier molecular flexibility index (Phi) is 10.1. The lowest BCUT2D eigenvalue weighted by Crippen LogP contribution is -2.34. The molecular formula is C24H24ClN3O4S. The molecule has 0 aliphatic heterocycles. The van der Waals surface area contributed by atoms with Gasteiger partial charge in [-0.3, -0.25) is 9.78 Å². The summed E-state index contributed by atoms with van der Waals surface area (Å²) >= 11 is 1.56. The van der Waals surface area contributed by atoms with Crippen LogP contribution in [0.5, 0.6) is 0 Å². The second-order valence-corrected chi connectivity index (χ2v) is 7.90. The van der Waals surface area contributed by atoms with Gasteiger partial charge in [-0.25, -0.2) is 9.59 Å². The minimum atomic E-state index is -0.871. The van der Waals surface area contributed by atoms with Crippen LogP contribution >= 0.6 is 24.2 Å². The number of rotatable bonds is 8. The molecule has 3 N–H and O–H groups in total. The van der Waals surface area contributed by atoms with Crippen molar-refractivity contribution < 1.29 is 19.1 Å². The van der Waals surface area contributed by atoms with Crippen LogP contribution in [0.2, 0.25) is 0 Å². The van der Waals surface area contributed by atoms with Gasteiger partial charge >= 0.3 is 11.9 Å². The molecule has 33 heavy (non-hydrogen) atoms. The Labute approximate surface area is 202 Å². The predicted octanol–water partition coefficient (Wildman–Crippen LogP) is 4.19. The van der Waals surface area contributed by atoms with Gasteiger partial charge in [0.1, 0.15) is 6.04 Å². The van der Waals surface area contributed by atoms with Gasteiger partial charge in [-0.15, -0.1) is 12.4 Å². The van der Waals surface area contributed by atoms with Crippen LogP contribution in [0, 0.1) is 0 Å². The largest absolute Gasteiger partial charge is 0.388 e. The van der Waals surface area contributed by atoms with Gasteiger partial charge in [0.05, 0.1) is 11.1 Å². The summed E-state index contributed by atoms with van der Waals surface area (Å²) in [5, 5.41) is 2.80. The summed E-state index contributed by atoms with van der Waals surface area (Å²) in [7, 11) is 0. The maximum absolute atomic E-state index is 12.8. The molecule has 0 unspecified atom stereocenters. The topological polar surface area (TPSA) is 111 Å². The molecule has 3 aromatic rings. The Morgan fingerprint density at radius 1 is 1.09 bits per heavy atom. The highest BCUT2D eigenvalue weighted by molar-refractivity contribution is 7.98. The normalized spacial score (nSPS) is 11.1. The number of benzene rings is 2. The third-order valence-electron chi connectivity index (χ3n) is 4.63. The number of nitrogens with zero attached hydrogens (tertiary/aromatic N) is 1. The molecule has 3 rings (SSSR count). The van der Waals surface area contributed by atoms with Crippen molar-refractivity contribution in [2.75, 3.05) is 17.3 Å². The molecule has 1 heterocycles. The molecule has 0 spiro atoms. The quantitative estimate of drug-likeness (QED) is 0.363. The summed E-state index contributed by atoms with van der Waals surface area (Å²) in [6.45, 7) is 0. The third kappa shape index (κ3) is 7.15. The highest BCUT2D eigenvalue weighted by Crippen LogP contribution is 2.28. The molecule has 0 aliphatic carbocycles. The molecule has 2 aromatic carbocycles. The van der Waals surface area contributed by atoms with Crippen molar-refractivity contribution in [3.63, 3.8) is 0 Å². The van der Waals surface area contributed by atoms with E-state index in [2.05, 4.69) is 10.3 Å². The first-order chi connectivity index (χ1) is 15.5. The van der Waals surface area contributed by atoms with Crippen LogP contribution in [0.15, 0.2) is 73.1 Å². The lowest BCUT2D eigenvalue weighted by Gasteiger charge is -2.14. The maximum Gasteiger partial charge on any atom is 0.346 e. The van der Waals surface area contributed by atoms with Crippen molar-refractivity contribution in [1.29, 1.82) is 0 Å². The number of nitrogens with two attached hydrogens (primary N) is 1. The van der Waals surface area contributed by atoms with E-state index in [1.165, 1.54) is 12.3 Å². The molecule has 0 radical (unpaired) electrons. The first-order valence-corrected chi connectivity index (χ1v) is 11.3. The molecule has 0 aliphatic rings. The first-order valence-electron chi connectivity index (χ1n) is 9.91. The smallest absolute Gasteiger partial charge is 0.346 e. The van der Waals surface area contributed by atoms with E-state index in [1.807, 2.05) is 36.6 Å². The SMILES string of the molecule is CSCC[C@H](N)C(=O)OC(=O)c1ccc(NC(=O)c2cccnc2)cc1-c1ccccc1.Cl. The van der Waals surface area contributed by atoms with Crippen LogP contribution in [-0.2, 0) is 9.53 Å². The zero-order valence-electron chi connectivity index (χ0n) is 17.9. The lowest BCUT2D eigenvalue weighted by molar-refractivity contribution is -0.139. The summed E-state index contributed by atoms with van der Waals surface area (Å²) in [6, 6.07) is 16.4. The summed E-state index contributed by atoms with van der Waals surface area (Å²) in [6.07, 6.45) is 5.37. The van der Waals surface area contributed by atoms with Crippen molar-refractivity contribution in [3.05, 3.63) is 84.2 Å². The van der Waals surface area contributed by atoms with Gasteiger partial charge in [-0.2, -0.15) is 11.8 Å². The summed E-state index contributed by atoms with van der Waals surface area (Å²) in [5.74, 6) is -1.21. The molecule has 0 saturated carbocycles. The summed E-state index contributed by atoms with van der Waals surface area (Å²) < 4.78 is 5.04. The zero-order valence-corrected chi connectivity index (χ0v) is 19.5. The Morgan fingerprint density at radius 3 is 2.52 bits per heavy atom. The number of anilines is 1. The Morgan fingerprint density at radius 2 is 1.85 bits per heavy atom. The lowest BCUT2D eigenvalue weighted by atomic mass is 9.99. The molecule has 9 heteroatoms. The molecule has 0 fully saturated rings. The number of ether oxygens (including phenoxy) is 1. The van der Waals surface area contributed by atoms with Crippen LogP contribution in [-0.4, -0.2) is 40.9 Å². The number of carbonyl (C=O) groups is 3. The fourth-order valence-corrected chi connectivity index (χ4v) is 3.43. The molecule has 0 bridgehead atoms. The molecule has 7 nitrogen and oxygen atoms in total. The highest BCUT2D eigenvalue weighted by atomic mass is 35.5. The molecule has 1 amide bonds. The van der Waals surface area contributed by atoms with Gasteiger partial charge in [-0.05, 0) is 59.9 Å². The van der Waals surface area contributed by atoms with Crippen LogP contribution in [0.4, 0.5) is 5.69 Å². The van der Waals surface area contributed by atoms with Crippen molar-refractivity contribution in [2.45, 2.75) is 12.5 Å². The van der Waals surface area contributed by atoms with Crippen LogP contribution in [0.25, 0.3) is 11.1 Å². The van der Waals surface area contributed by atoms with E-state index in [0.29, 0.717) is 29.0 Å². The number of amides is 1. The van der Waals surface area contributed by atoms with Crippen molar-refractivity contribution >= 4 is 47.7 Å². The van der Waals surface area contributed by atoms with Gasteiger partial charge in [0.25, 0.3) is 5.91 Å². The number of nitrogens with one attached hydrogen (secondary N) is 1. The summed E-state index contributed by atoms with van der Waals surface area (Å²) in [4.78, 5) is 41.4. The van der Waals surface area contributed by atoms with E-state index in [-0.39, 0.29) is 23.9 Å². The van der Waals surface area contributed by atoms with E-state index in [0.717, 1.165) is 5.56 Å².